The summed E-state index contributed by atoms with van der Waals surface area (Å²) in [6.45, 7) is 3.99. The average Bonchev–Trinajstić information content (AvgIpc) is 2.82. The van der Waals surface area contributed by atoms with Crippen molar-refractivity contribution in [3.05, 3.63) is 89.5 Å². The van der Waals surface area contributed by atoms with Crippen LogP contribution in [0.4, 0.5) is 26.3 Å². The zero-order valence-electron chi connectivity index (χ0n) is 20.5. The van der Waals surface area contributed by atoms with E-state index in [1.165, 1.54) is 36.4 Å². The summed E-state index contributed by atoms with van der Waals surface area (Å²) in [5.41, 5.74) is -2.55. The lowest BCUT2D eigenvalue weighted by Crippen LogP contribution is -2.33. The second-order valence-corrected chi connectivity index (χ2v) is 9.96. The predicted octanol–water partition coefficient (Wildman–Crippen LogP) is 7.47. The number of aliphatic hydroxyl groups excluding tert-OH is 1. The summed E-state index contributed by atoms with van der Waals surface area (Å²) in [6, 6.07) is 17.8. The molecule has 0 fully saturated rings. The van der Waals surface area contributed by atoms with Gasteiger partial charge in [0.25, 0.3) is 0 Å². The molecule has 0 saturated carbocycles. The van der Waals surface area contributed by atoms with Crippen LogP contribution in [0.25, 0.3) is 0 Å². The van der Waals surface area contributed by atoms with Crippen LogP contribution in [0.5, 0.6) is 11.5 Å². The number of hydrogen-bond acceptors (Lipinski definition) is 5. The van der Waals surface area contributed by atoms with Gasteiger partial charge in [-0.2, -0.15) is 13.2 Å². The Labute approximate surface area is 221 Å². The Morgan fingerprint density at radius 2 is 1.47 bits per heavy atom. The van der Waals surface area contributed by atoms with Crippen LogP contribution in [0.3, 0.4) is 0 Å². The SMILES string of the molecule is CC(C)C(O)CNC(c1cccc(OCc2ccc(OC(F)(F)F)cc2)c1)c1cccc(SC(F)(F)F)c1. The van der Waals surface area contributed by atoms with E-state index in [9.17, 15) is 31.4 Å². The molecule has 0 aliphatic heterocycles. The highest BCUT2D eigenvalue weighted by atomic mass is 32.2. The second kappa shape index (κ2) is 12.8. The van der Waals surface area contributed by atoms with Crippen LogP contribution in [0.2, 0.25) is 0 Å². The van der Waals surface area contributed by atoms with Crippen LogP contribution in [-0.4, -0.2) is 29.6 Å². The monoisotopic (exact) mass is 559 g/mol. The quantitative estimate of drug-likeness (QED) is 0.189. The summed E-state index contributed by atoms with van der Waals surface area (Å²) in [7, 11) is 0. The second-order valence-electron chi connectivity index (χ2n) is 8.83. The van der Waals surface area contributed by atoms with Crippen LogP contribution in [-0.2, 0) is 6.61 Å². The molecule has 3 aromatic rings. The summed E-state index contributed by atoms with van der Waals surface area (Å²) < 4.78 is 85.6. The molecule has 206 valence electrons. The number of thioether (sulfide) groups is 1. The fourth-order valence-electron chi connectivity index (χ4n) is 3.53. The van der Waals surface area contributed by atoms with Crippen molar-refractivity contribution in [2.75, 3.05) is 6.54 Å². The van der Waals surface area contributed by atoms with Gasteiger partial charge in [-0.15, -0.1) is 13.2 Å². The molecule has 2 atom stereocenters. The van der Waals surface area contributed by atoms with Crippen molar-refractivity contribution in [3.8, 4) is 11.5 Å². The minimum Gasteiger partial charge on any atom is -0.489 e. The molecule has 4 nitrogen and oxygen atoms in total. The smallest absolute Gasteiger partial charge is 0.489 e. The summed E-state index contributed by atoms with van der Waals surface area (Å²) in [6.07, 6.45) is -5.45. The minimum absolute atomic E-state index is 0.0298. The van der Waals surface area contributed by atoms with Gasteiger partial charge in [0.15, 0.2) is 0 Å². The van der Waals surface area contributed by atoms with Crippen molar-refractivity contribution >= 4 is 11.8 Å². The van der Waals surface area contributed by atoms with Crippen molar-refractivity contribution in [1.82, 2.24) is 5.32 Å². The lowest BCUT2D eigenvalue weighted by Gasteiger charge is -2.24. The molecule has 2 N–H and O–H groups in total. The van der Waals surface area contributed by atoms with Crippen LogP contribution >= 0.6 is 11.8 Å². The zero-order valence-corrected chi connectivity index (χ0v) is 21.3. The molecule has 0 aliphatic carbocycles. The van der Waals surface area contributed by atoms with Gasteiger partial charge >= 0.3 is 11.9 Å². The van der Waals surface area contributed by atoms with Gasteiger partial charge in [0.05, 0.1) is 12.1 Å². The Morgan fingerprint density at radius 3 is 2.08 bits per heavy atom. The lowest BCUT2D eigenvalue weighted by atomic mass is 9.97. The number of hydrogen-bond donors (Lipinski definition) is 2. The van der Waals surface area contributed by atoms with Crippen molar-refractivity contribution in [2.45, 2.75) is 49.4 Å². The Balaban J connectivity index is 1.79. The first-order chi connectivity index (χ1) is 17.8. The highest BCUT2D eigenvalue weighted by Gasteiger charge is 2.31. The first-order valence-electron chi connectivity index (χ1n) is 11.6. The van der Waals surface area contributed by atoms with Gasteiger partial charge in [0.2, 0.25) is 0 Å². The van der Waals surface area contributed by atoms with E-state index >= 15 is 0 Å². The Morgan fingerprint density at radius 1 is 0.842 bits per heavy atom. The number of aliphatic hydroxyl groups is 1. The van der Waals surface area contributed by atoms with Crippen LogP contribution < -0.4 is 14.8 Å². The van der Waals surface area contributed by atoms with Crippen molar-refractivity contribution in [1.29, 1.82) is 0 Å². The van der Waals surface area contributed by atoms with Gasteiger partial charge in [0, 0.05) is 11.4 Å². The third-order valence-electron chi connectivity index (χ3n) is 5.48. The molecule has 3 aromatic carbocycles. The van der Waals surface area contributed by atoms with Gasteiger partial charge in [-0.05, 0) is 70.8 Å². The maximum absolute atomic E-state index is 13.0. The van der Waals surface area contributed by atoms with Gasteiger partial charge in [-0.3, -0.25) is 0 Å². The fourth-order valence-corrected chi connectivity index (χ4v) is 4.14. The first kappa shape index (κ1) is 29.7. The molecule has 0 heterocycles. The molecule has 0 spiro atoms. The van der Waals surface area contributed by atoms with Gasteiger partial charge in [-0.1, -0.05) is 50.2 Å². The molecule has 0 aliphatic rings. The Bertz CT molecular complexity index is 1170. The molecule has 3 rings (SSSR count). The highest BCUT2D eigenvalue weighted by molar-refractivity contribution is 8.00. The molecule has 0 aromatic heterocycles. The average molecular weight is 560 g/mol. The van der Waals surface area contributed by atoms with E-state index in [4.69, 9.17) is 4.74 Å². The standard InChI is InChI=1S/C27H27F6NO3S/c1-17(2)24(35)15-34-25(20-6-4-8-23(14-20)38-27(31,32)33)19-5-3-7-22(13-19)36-16-18-9-11-21(12-10-18)37-26(28,29)30/h3-14,17,24-25,34-35H,15-16H2,1-2H3. The number of benzene rings is 3. The number of alkyl halides is 6. The van der Waals surface area contributed by atoms with E-state index in [1.54, 1.807) is 36.4 Å². The van der Waals surface area contributed by atoms with Gasteiger partial charge in [0.1, 0.15) is 18.1 Å². The van der Waals surface area contributed by atoms with E-state index in [2.05, 4.69) is 10.1 Å². The van der Waals surface area contributed by atoms with Crippen LogP contribution in [0.1, 0.15) is 36.6 Å². The molecular formula is C27H27F6NO3S. The molecule has 0 saturated heterocycles. The highest BCUT2D eigenvalue weighted by Crippen LogP contribution is 2.38. The molecule has 0 bridgehead atoms. The summed E-state index contributed by atoms with van der Waals surface area (Å²) in [4.78, 5) is 0.0385. The van der Waals surface area contributed by atoms with Crippen LogP contribution in [0, 0.1) is 5.92 Å². The predicted molar refractivity (Wildman–Crippen MR) is 133 cm³/mol. The largest absolute Gasteiger partial charge is 0.573 e. The van der Waals surface area contributed by atoms with Gasteiger partial charge in [-0.25, -0.2) is 0 Å². The van der Waals surface area contributed by atoms with E-state index < -0.39 is 24.0 Å². The molecule has 0 amide bonds. The van der Waals surface area contributed by atoms with Crippen molar-refractivity contribution in [2.24, 2.45) is 5.92 Å². The minimum atomic E-state index is -4.78. The number of nitrogens with one attached hydrogen (secondary N) is 1. The molecule has 38 heavy (non-hydrogen) atoms. The summed E-state index contributed by atoms with van der Waals surface area (Å²) >= 11 is -0.204. The van der Waals surface area contributed by atoms with E-state index in [1.807, 2.05) is 13.8 Å². The van der Waals surface area contributed by atoms with E-state index in [0.29, 0.717) is 22.4 Å². The lowest BCUT2D eigenvalue weighted by molar-refractivity contribution is -0.274. The first-order valence-corrected chi connectivity index (χ1v) is 12.5. The van der Waals surface area contributed by atoms with Crippen molar-refractivity contribution in [3.63, 3.8) is 0 Å². The van der Waals surface area contributed by atoms with Crippen LogP contribution in [0.15, 0.2) is 77.7 Å². The Kier molecular flexibility index (Phi) is 9.97. The van der Waals surface area contributed by atoms with Crippen molar-refractivity contribution < 1.29 is 40.9 Å². The molecule has 11 heteroatoms. The summed E-state index contributed by atoms with van der Waals surface area (Å²) in [5.74, 6) is 0.0830. The number of halogens is 6. The van der Waals surface area contributed by atoms with E-state index in [0.717, 1.165) is 0 Å². The maximum Gasteiger partial charge on any atom is 0.573 e. The summed E-state index contributed by atoms with van der Waals surface area (Å²) in [5, 5.41) is 13.6. The molecule has 0 radical (unpaired) electrons. The number of ether oxygens (including phenoxy) is 2. The topological polar surface area (TPSA) is 50.7 Å². The number of rotatable bonds is 11. The van der Waals surface area contributed by atoms with E-state index in [-0.39, 0.29) is 41.5 Å². The Hall–Kier alpha value is -2.89. The third kappa shape index (κ3) is 9.77. The third-order valence-corrected chi connectivity index (χ3v) is 6.20. The zero-order chi connectivity index (χ0) is 27.9. The van der Waals surface area contributed by atoms with Gasteiger partial charge < -0.3 is 19.9 Å². The fraction of sp³-hybridized carbons (Fsp3) is 0.333. The normalized spacial score (nSPS) is 13.8. The molecule has 2 unspecified atom stereocenters. The molecular weight excluding hydrogens is 532 g/mol. The maximum atomic E-state index is 13.0.